The van der Waals surface area contributed by atoms with E-state index in [1.165, 1.54) is 50.5 Å². The summed E-state index contributed by atoms with van der Waals surface area (Å²) in [5, 5.41) is 20.3. The molecule has 0 aliphatic heterocycles. The van der Waals surface area contributed by atoms with Crippen LogP contribution in [0.25, 0.3) is 0 Å². The molecular formula is C27H40O2. The molecule has 160 valence electrons. The highest BCUT2D eigenvalue weighted by molar-refractivity contribution is 5.37. The van der Waals surface area contributed by atoms with Crippen molar-refractivity contribution in [3.8, 4) is 0 Å². The van der Waals surface area contributed by atoms with Gasteiger partial charge < -0.3 is 10.2 Å². The van der Waals surface area contributed by atoms with Crippen molar-refractivity contribution in [2.45, 2.75) is 90.3 Å². The van der Waals surface area contributed by atoms with E-state index in [1.807, 2.05) is 0 Å². The van der Waals surface area contributed by atoms with Crippen LogP contribution in [-0.2, 0) is 0 Å². The summed E-state index contributed by atoms with van der Waals surface area (Å²) in [5.74, 6) is 2.45. The predicted molar refractivity (Wildman–Crippen MR) is 120 cm³/mol. The maximum Gasteiger partial charge on any atom is 0.0787 e. The van der Waals surface area contributed by atoms with Gasteiger partial charge in [0.05, 0.1) is 12.2 Å². The normalized spacial score (nSPS) is 40.6. The molecular weight excluding hydrogens is 356 g/mol. The molecule has 0 amide bonds. The lowest BCUT2D eigenvalue weighted by molar-refractivity contribution is 0.111. The number of rotatable bonds is 5. The second-order valence-electron chi connectivity index (χ2n) is 10.5. The molecule has 4 aliphatic rings. The topological polar surface area (TPSA) is 40.5 Å². The first-order valence-corrected chi connectivity index (χ1v) is 12.0. The van der Waals surface area contributed by atoms with Gasteiger partial charge in [0.15, 0.2) is 0 Å². The van der Waals surface area contributed by atoms with Crippen LogP contribution in [0.2, 0.25) is 0 Å². The Labute approximate surface area is 177 Å². The van der Waals surface area contributed by atoms with Gasteiger partial charge in [-0.25, -0.2) is 0 Å². The van der Waals surface area contributed by atoms with Gasteiger partial charge in [0, 0.05) is 0 Å². The van der Waals surface area contributed by atoms with Crippen LogP contribution in [0.4, 0.5) is 0 Å². The van der Waals surface area contributed by atoms with Crippen LogP contribution in [-0.4, -0.2) is 22.4 Å². The molecule has 0 aromatic heterocycles. The highest BCUT2D eigenvalue weighted by Crippen LogP contribution is 2.59. The molecule has 2 heteroatoms. The van der Waals surface area contributed by atoms with Crippen molar-refractivity contribution in [3.05, 3.63) is 47.6 Å². The summed E-state index contributed by atoms with van der Waals surface area (Å²) in [6.45, 7) is 9.02. The third-order valence-electron chi connectivity index (χ3n) is 8.63. The molecule has 4 rings (SSSR count). The summed E-state index contributed by atoms with van der Waals surface area (Å²) in [6.07, 6.45) is 20.3. The summed E-state index contributed by atoms with van der Waals surface area (Å²) in [4.78, 5) is 0. The predicted octanol–water partition coefficient (Wildman–Crippen LogP) is 6.12. The van der Waals surface area contributed by atoms with Gasteiger partial charge >= 0.3 is 0 Å². The van der Waals surface area contributed by atoms with E-state index < -0.39 is 0 Å². The highest BCUT2D eigenvalue weighted by atomic mass is 16.3. The zero-order valence-electron chi connectivity index (χ0n) is 18.4. The van der Waals surface area contributed by atoms with E-state index >= 15 is 0 Å². The highest BCUT2D eigenvalue weighted by Gasteiger charge is 2.50. The summed E-state index contributed by atoms with van der Waals surface area (Å²) >= 11 is 0. The minimum Gasteiger partial charge on any atom is -0.389 e. The summed E-state index contributed by atoms with van der Waals surface area (Å²) < 4.78 is 0. The van der Waals surface area contributed by atoms with E-state index in [0.29, 0.717) is 29.1 Å². The van der Waals surface area contributed by atoms with Crippen LogP contribution >= 0.6 is 0 Å². The second kappa shape index (κ2) is 8.55. The molecule has 4 aliphatic carbocycles. The van der Waals surface area contributed by atoms with Crippen molar-refractivity contribution in [1.29, 1.82) is 0 Å². The van der Waals surface area contributed by atoms with Gasteiger partial charge in [0.1, 0.15) is 0 Å². The molecule has 2 nitrogen and oxygen atoms in total. The van der Waals surface area contributed by atoms with Gasteiger partial charge in [-0.1, -0.05) is 50.3 Å². The first kappa shape index (κ1) is 21.1. The molecule has 0 aromatic rings. The molecule has 3 unspecified atom stereocenters. The molecule has 0 aromatic carbocycles. The van der Waals surface area contributed by atoms with Gasteiger partial charge in [0.25, 0.3) is 0 Å². The van der Waals surface area contributed by atoms with Crippen LogP contribution in [0.5, 0.6) is 0 Å². The number of hydrogen-bond donors (Lipinski definition) is 2. The SMILES string of the molecule is C=C1/C(=C\C=C2/CCC[C@@]3(C)C2CCC3[C@@H](C)/C=C/C(O)C2CC2)CCC[C@@H]1O. The zero-order chi connectivity index (χ0) is 20.6. The Hall–Kier alpha value is -1.12. The van der Waals surface area contributed by atoms with Crippen molar-refractivity contribution in [1.82, 2.24) is 0 Å². The lowest BCUT2D eigenvalue weighted by Gasteiger charge is -2.44. The van der Waals surface area contributed by atoms with E-state index in [2.05, 4.69) is 44.7 Å². The number of hydrogen-bond acceptors (Lipinski definition) is 2. The van der Waals surface area contributed by atoms with E-state index in [9.17, 15) is 10.2 Å². The molecule has 4 fully saturated rings. The maximum atomic E-state index is 10.2. The Morgan fingerprint density at radius 1 is 1.03 bits per heavy atom. The van der Waals surface area contributed by atoms with Crippen LogP contribution in [0, 0.1) is 29.1 Å². The Bertz CT molecular complexity index is 710. The van der Waals surface area contributed by atoms with Crippen LogP contribution in [0.3, 0.4) is 0 Å². The van der Waals surface area contributed by atoms with Crippen LogP contribution in [0.1, 0.15) is 78.1 Å². The lowest BCUT2D eigenvalue weighted by Crippen LogP contribution is -2.35. The first-order valence-electron chi connectivity index (χ1n) is 12.0. The molecule has 0 saturated heterocycles. The largest absolute Gasteiger partial charge is 0.389 e. The molecule has 6 atom stereocenters. The smallest absolute Gasteiger partial charge is 0.0787 e. The molecule has 0 bridgehead atoms. The van der Waals surface area contributed by atoms with Crippen molar-refractivity contribution >= 4 is 0 Å². The number of aliphatic hydroxyl groups excluding tert-OH is 2. The zero-order valence-corrected chi connectivity index (χ0v) is 18.4. The van der Waals surface area contributed by atoms with Gasteiger partial charge in [-0.05, 0) is 104 Å². The van der Waals surface area contributed by atoms with E-state index in [-0.39, 0.29) is 12.2 Å². The average molecular weight is 397 g/mol. The second-order valence-corrected chi connectivity index (χ2v) is 10.5. The third-order valence-corrected chi connectivity index (χ3v) is 8.63. The minimum absolute atomic E-state index is 0.227. The van der Waals surface area contributed by atoms with Crippen LogP contribution < -0.4 is 0 Å². The number of allylic oxidation sites excluding steroid dienone is 4. The molecule has 29 heavy (non-hydrogen) atoms. The Kier molecular flexibility index (Phi) is 6.23. The number of fused-ring (bicyclic) bond motifs is 1. The van der Waals surface area contributed by atoms with E-state index in [1.54, 1.807) is 5.57 Å². The van der Waals surface area contributed by atoms with Crippen molar-refractivity contribution in [2.75, 3.05) is 0 Å². The maximum absolute atomic E-state index is 10.2. The Morgan fingerprint density at radius 2 is 1.83 bits per heavy atom. The molecule has 0 spiro atoms. The van der Waals surface area contributed by atoms with E-state index in [0.717, 1.165) is 24.8 Å². The minimum atomic E-state index is -0.348. The summed E-state index contributed by atoms with van der Waals surface area (Å²) in [7, 11) is 0. The van der Waals surface area contributed by atoms with Crippen molar-refractivity contribution in [2.24, 2.45) is 29.1 Å². The van der Waals surface area contributed by atoms with Gasteiger partial charge in [-0.2, -0.15) is 0 Å². The standard InChI is InChI=1S/C27H40O2/c1-18(9-16-26(29)22-12-13-22)23-14-15-24-21(7-5-17-27(23,24)3)11-10-20-6-4-8-25(28)19(20)2/h9-11,16,18,22-26,28-29H,2,4-8,12-15,17H2,1,3H3/b16-9+,20-10-,21-11+/t18-,23?,24?,25-,26?,27+/m0/s1. The fourth-order valence-corrected chi connectivity index (χ4v) is 6.59. The lowest BCUT2D eigenvalue weighted by atomic mass is 9.61. The molecule has 0 radical (unpaired) electrons. The third kappa shape index (κ3) is 4.35. The fourth-order valence-electron chi connectivity index (χ4n) is 6.59. The van der Waals surface area contributed by atoms with Crippen molar-refractivity contribution < 1.29 is 10.2 Å². The van der Waals surface area contributed by atoms with Crippen molar-refractivity contribution in [3.63, 3.8) is 0 Å². The Balaban J connectivity index is 1.47. The summed E-state index contributed by atoms with van der Waals surface area (Å²) in [6, 6.07) is 0. The van der Waals surface area contributed by atoms with Gasteiger partial charge in [-0.3, -0.25) is 0 Å². The number of aliphatic hydroxyl groups is 2. The molecule has 0 heterocycles. The Morgan fingerprint density at radius 3 is 2.59 bits per heavy atom. The fraction of sp³-hybridized carbons (Fsp3) is 0.704. The van der Waals surface area contributed by atoms with Gasteiger partial charge in [-0.15, -0.1) is 0 Å². The quantitative estimate of drug-likeness (QED) is 0.550. The molecule has 2 N–H and O–H groups in total. The van der Waals surface area contributed by atoms with Crippen LogP contribution in [0.15, 0.2) is 47.6 Å². The monoisotopic (exact) mass is 396 g/mol. The average Bonchev–Trinajstić information content (AvgIpc) is 3.48. The van der Waals surface area contributed by atoms with E-state index in [4.69, 9.17) is 0 Å². The van der Waals surface area contributed by atoms with Gasteiger partial charge in [0.2, 0.25) is 0 Å². The summed E-state index contributed by atoms with van der Waals surface area (Å²) in [5.41, 5.74) is 4.18. The molecule has 4 saturated carbocycles. The first-order chi connectivity index (χ1) is 13.9.